The average molecular weight is 807 g/mol. The lowest BCUT2D eigenvalue weighted by Gasteiger charge is -2.31. The van der Waals surface area contributed by atoms with Crippen molar-refractivity contribution in [3.05, 3.63) is 51.6 Å². The zero-order valence-electron chi connectivity index (χ0n) is 43.8. The number of hydrogen-bond acceptors (Lipinski definition) is 3. The molecular formula is C52H98N6. The largest absolute Gasteiger partial charge is 0.345 e. The summed E-state index contributed by atoms with van der Waals surface area (Å²) in [4.78, 5) is 26.0. The molecule has 0 amide bonds. The maximum atomic E-state index is 5.03. The van der Waals surface area contributed by atoms with Crippen LogP contribution in [0.3, 0.4) is 0 Å². The Morgan fingerprint density at radius 1 is 0.293 bits per heavy atom. The van der Waals surface area contributed by atoms with Crippen LogP contribution in [0.5, 0.6) is 0 Å². The second-order valence-electron chi connectivity index (χ2n) is 24.2. The van der Waals surface area contributed by atoms with Gasteiger partial charge in [-0.2, -0.15) is 0 Å². The standard InChI is InChI=1S/C18H34N2.2C17H32N2/c1-10-17(7,8)13-14(18(9,11-2)12-3)20-15(19-13)16(4,5)6;2*1-10-17(9,11-2)13-12(15(3,4)5)18-14(19-13)16(6,7)8/h10-12H2,1-9H3,(H,19,20);2*10-11H2,1-9H3,(H,18,19). The van der Waals surface area contributed by atoms with Crippen LogP contribution in [0.2, 0.25) is 0 Å². The second-order valence-corrected chi connectivity index (χ2v) is 24.2. The molecule has 0 fully saturated rings. The van der Waals surface area contributed by atoms with Gasteiger partial charge in [-0.1, -0.05) is 187 Å². The van der Waals surface area contributed by atoms with Crippen molar-refractivity contribution in [3.63, 3.8) is 0 Å². The average Bonchev–Trinajstić information content (AvgIpc) is 3.89. The van der Waals surface area contributed by atoms with Crippen LogP contribution in [0.1, 0.15) is 284 Å². The summed E-state index contributed by atoms with van der Waals surface area (Å²) in [5, 5.41) is 0. The van der Waals surface area contributed by atoms with Crippen molar-refractivity contribution in [1.82, 2.24) is 29.9 Å². The molecule has 0 atom stereocenters. The van der Waals surface area contributed by atoms with E-state index in [1.807, 2.05) is 0 Å². The molecule has 336 valence electrons. The quantitative estimate of drug-likeness (QED) is 0.180. The van der Waals surface area contributed by atoms with Gasteiger partial charge in [0.1, 0.15) is 17.5 Å². The molecular weight excluding hydrogens is 709 g/mol. The number of hydrogen-bond donors (Lipinski definition) is 3. The molecule has 58 heavy (non-hydrogen) atoms. The third kappa shape index (κ3) is 12.6. The van der Waals surface area contributed by atoms with Crippen LogP contribution in [0.4, 0.5) is 0 Å². The Morgan fingerprint density at radius 3 is 0.672 bits per heavy atom. The minimum Gasteiger partial charge on any atom is -0.345 e. The molecule has 0 spiro atoms. The zero-order valence-corrected chi connectivity index (χ0v) is 43.8. The first-order chi connectivity index (χ1) is 25.9. The van der Waals surface area contributed by atoms with Crippen molar-refractivity contribution in [1.29, 1.82) is 0 Å². The number of H-pyrrole nitrogens is 3. The van der Waals surface area contributed by atoms with Gasteiger partial charge in [0.15, 0.2) is 0 Å². The van der Waals surface area contributed by atoms with E-state index in [4.69, 9.17) is 15.0 Å². The molecule has 6 heteroatoms. The minimum absolute atomic E-state index is 0.0687. The lowest BCUT2D eigenvalue weighted by Crippen LogP contribution is -2.27. The summed E-state index contributed by atoms with van der Waals surface area (Å²) in [5.74, 6) is 3.35. The van der Waals surface area contributed by atoms with E-state index in [0.717, 1.165) is 62.4 Å². The molecule has 3 rings (SSSR count). The van der Waals surface area contributed by atoms with Crippen LogP contribution in [-0.2, 0) is 48.7 Å². The summed E-state index contributed by atoms with van der Waals surface area (Å²) in [5.41, 5.74) is 8.88. The van der Waals surface area contributed by atoms with Gasteiger partial charge < -0.3 is 15.0 Å². The Morgan fingerprint density at radius 2 is 0.500 bits per heavy atom. The zero-order chi connectivity index (χ0) is 45.9. The van der Waals surface area contributed by atoms with Gasteiger partial charge in [0.05, 0.1) is 17.1 Å². The van der Waals surface area contributed by atoms with Crippen LogP contribution in [0.25, 0.3) is 0 Å². The maximum absolute atomic E-state index is 5.03. The molecule has 0 aliphatic carbocycles. The Kier molecular flexibility index (Phi) is 17.3. The van der Waals surface area contributed by atoms with Crippen molar-refractivity contribution in [3.8, 4) is 0 Å². The number of aromatic amines is 3. The lowest BCUT2D eigenvalue weighted by atomic mass is 9.75. The fourth-order valence-electron chi connectivity index (χ4n) is 7.05. The molecule has 0 unspecified atom stereocenters. The maximum Gasteiger partial charge on any atom is 0.112 e. The number of nitrogens with one attached hydrogen (secondary N) is 3. The van der Waals surface area contributed by atoms with Crippen LogP contribution in [0.15, 0.2) is 0 Å². The first kappa shape index (κ1) is 53.6. The fraction of sp³-hybridized carbons (Fsp3) is 0.827. The molecule has 6 nitrogen and oxygen atoms in total. The molecule has 3 aromatic rings. The molecule has 0 saturated carbocycles. The Labute approximate surface area is 361 Å². The number of nitrogens with zero attached hydrogens (tertiary/aromatic N) is 3. The predicted octanol–water partition coefficient (Wildman–Crippen LogP) is 15.6. The van der Waals surface area contributed by atoms with Crippen LogP contribution in [-0.4, -0.2) is 29.9 Å². The van der Waals surface area contributed by atoms with E-state index in [1.165, 1.54) is 34.2 Å². The van der Waals surface area contributed by atoms with Crippen LogP contribution < -0.4 is 0 Å². The molecule has 0 aliphatic rings. The number of aromatic nitrogens is 6. The summed E-state index contributed by atoms with van der Waals surface area (Å²) in [6.07, 6.45) is 7.94. The van der Waals surface area contributed by atoms with Gasteiger partial charge in [-0.3, -0.25) is 0 Å². The smallest absolute Gasteiger partial charge is 0.112 e. The summed E-state index contributed by atoms with van der Waals surface area (Å²) >= 11 is 0. The molecule has 0 radical (unpaired) electrons. The first-order valence-corrected chi connectivity index (χ1v) is 23.3. The van der Waals surface area contributed by atoms with Gasteiger partial charge in [-0.05, 0) is 44.9 Å². The van der Waals surface area contributed by atoms with Gasteiger partial charge in [0, 0.05) is 65.8 Å². The van der Waals surface area contributed by atoms with Crippen molar-refractivity contribution in [2.75, 3.05) is 0 Å². The Balaban J connectivity index is 0.000000435. The van der Waals surface area contributed by atoms with E-state index in [2.05, 4.69) is 202 Å². The van der Waals surface area contributed by atoms with E-state index in [9.17, 15) is 0 Å². The number of imidazole rings is 3. The second kappa shape index (κ2) is 18.7. The van der Waals surface area contributed by atoms with Crippen molar-refractivity contribution < 1.29 is 0 Å². The molecule has 3 N–H and O–H groups in total. The van der Waals surface area contributed by atoms with Crippen molar-refractivity contribution in [2.24, 2.45) is 0 Å². The van der Waals surface area contributed by atoms with Gasteiger partial charge >= 0.3 is 0 Å². The minimum atomic E-state index is 0.0687. The normalized spacial score (nSPS) is 13.9. The first-order valence-electron chi connectivity index (χ1n) is 23.3. The lowest BCUT2D eigenvalue weighted by molar-refractivity contribution is 0.401. The van der Waals surface area contributed by atoms with Crippen molar-refractivity contribution in [2.45, 2.75) is 281 Å². The SMILES string of the molecule is CCC(C)(C)c1nc(C(C)(C)C)[nH]c1C(C)(CC)CC.CCC(C)(CC)c1[nH]c(C(C)(C)C)nc1C(C)(C)C.CCC(C)(CC)c1[nH]c(C(C)(C)C)nc1C(C)(C)C. The molecule has 3 aromatic heterocycles. The van der Waals surface area contributed by atoms with E-state index >= 15 is 0 Å². The van der Waals surface area contributed by atoms with Crippen LogP contribution in [0, 0.1) is 0 Å². The Hall–Kier alpha value is -2.37. The topological polar surface area (TPSA) is 86.0 Å². The Bertz CT molecular complexity index is 1610. The number of rotatable bonds is 11. The molecule has 0 aliphatic heterocycles. The van der Waals surface area contributed by atoms with Crippen molar-refractivity contribution >= 4 is 0 Å². The molecule has 3 heterocycles. The highest BCUT2D eigenvalue weighted by Gasteiger charge is 2.38. The third-order valence-electron chi connectivity index (χ3n) is 13.7. The van der Waals surface area contributed by atoms with Gasteiger partial charge in [0.2, 0.25) is 0 Å². The monoisotopic (exact) mass is 807 g/mol. The molecule has 0 bridgehead atoms. The van der Waals surface area contributed by atoms with E-state index in [1.54, 1.807) is 0 Å². The summed E-state index contributed by atoms with van der Waals surface area (Å²) < 4.78 is 0. The summed E-state index contributed by atoms with van der Waals surface area (Å²) in [6, 6.07) is 0. The van der Waals surface area contributed by atoms with Gasteiger partial charge in [0.25, 0.3) is 0 Å². The highest BCUT2D eigenvalue weighted by Crippen LogP contribution is 2.42. The summed E-state index contributed by atoms with van der Waals surface area (Å²) in [6.45, 7) is 61.1. The van der Waals surface area contributed by atoms with Gasteiger partial charge in [-0.25, -0.2) is 15.0 Å². The molecule has 0 aromatic carbocycles. The van der Waals surface area contributed by atoms with E-state index < -0.39 is 0 Å². The summed E-state index contributed by atoms with van der Waals surface area (Å²) in [7, 11) is 0. The van der Waals surface area contributed by atoms with Gasteiger partial charge in [-0.15, -0.1) is 0 Å². The van der Waals surface area contributed by atoms with E-state index in [-0.39, 0.29) is 48.7 Å². The molecule has 0 saturated heterocycles. The third-order valence-corrected chi connectivity index (χ3v) is 13.7. The fourth-order valence-corrected chi connectivity index (χ4v) is 7.05. The highest BCUT2D eigenvalue weighted by molar-refractivity contribution is 5.33. The highest BCUT2D eigenvalue weighted by atomic mass is 15.0. The van der Waals surface area contributed by atoms with Crippen LogP contribution >= 0.6 is 0 Å². The predicted molar refractivity (Wildman–Crippen MR) is 256 cm³/mol. The van der Waals surface area contributed by atoms with E-state index in [0.29, 0.717) is 0 Å².